The maximum Gasteiger partial charge on any atom is 0.280 e. The van der Waals surface area contributed by atoms with Gasteiger partial charge in [0.1, 0.15) is 0 Å². The summed E-state index contributed by atoms with van der Waals surface area (Å²) < 4.78 is 29.6. The van der Waals surface area contributed by atoms with Gasteiger partial charge in [-0.15, -0.1) is 0 Å². The van der Waals surface area contributed by atoms with E-state index in [1.165, 1.54) is 11.1 Å². The highest BCUT2D eigenvalue weighted by molar-refractivity contribution is 7.87. The molecule has 0 bridgehead atoms. The standard InChI is InChI=1S/C18H20N2O2S/c21-23(22)19-14-18(20(23)13-15-6-2-1-3-7-15)11-10-16-8-4-5-9-17(16)12-18/h1-9,19H,10-14H2. The summed E-state index contributed by atoms with van der Waals surface area (Å²) in [5.74, 6) is 0. The Balaban J connectivity index is 1.70. The molecular formula is C18H20N2O2S. The van der Waals surface area contributed by atoms with Crippen molar-refractivity contribution in [2.24, 2.45) is 0 Å². The fourth-order valence-electron chi connectivity index (χ4n) is 3.80. The lowest BCUT2D eigenvalue weighted by atomic mass is 9.78. The van der Waals surface area contributed by atoms with Crippen molar-refractivity contribution >= 4 is 10.2 Å². The first kappa shape index (κ1) is 14.9. The van der Waals surface area contributed by atoms with Crippen molar-refractivity contribution in [2.75, 3.05) is 6.54 Å². The van der Waals surface area contributed by atoms with Crippen LogP contribution in [0.3, 0.4) is 0 Å². The SMILES string of the molecule is O=S1(=O)NCC2(CCc3ccccc3C2)N1Cc1ccccc1. The lowest BCUT2D eigenvalue weighted by molar-refractivity contribution is 0.184. The number of hydrogen-bond acceptors (Lipinski definition) is 2. The van der Waals surface area contributed by atoms with Gasteiger partial charge in [0.05, 0.1) is 5.54 Å². The minimum atomic E-state index is -3.41. The van der Waals surface area contributed by atoms with Gasteiger partial charge in [-0.05, 0) is 36.0 Å². The Morgan fingerprint density at radius 3 is 2.48 bits per heavy atom. The fraction of sp³-hybridized carbons (Fsp3) is 0.333. The van der Waals surface area contributed by atoms with Crippen LogP contribution in [0.25, 0.3) is 0 Å². The Labute approximate surface area is 137 Å². The molecule has 0 radical (unpaired) electrons. The van der Waals surface area contributed by atoms with E-state index >= 15 is 0 Å². The van der Waals surface area contributed by atoms with E-state index in [4.69, 9.17) is 0 Å². The molecule has 0 amide bonds. The monoisotopic (exact) mass is 328 g/mol. The molecule has 2 aliphatic rings. The second kappa shape index (κ2) is 5.44. The van der Waals surface area contributed by atoms with Gasteiger partial charge in [0, 0.05) is 13.1 Å². The van der Waals surface area contributed by atoms with Gasteiger partial charge in [-0.2, -0.15) is 12.7 Å². The highest BCUT2D eigenvalue weighted by atomic mass is 32.2. The Bertz CT molecular complexity index is 820. The Kier molecular flexibility index (Phi) is 3.52. The van der Waals surface area contributed by atoms with Gasteiger partial charge in [-0.3, -0.25) is 0 Å². The van der Waals surface area contributed by atoms with Crippen molar-refractivity contribution in [1.29, 1.82) is 0 Å². The highest BCUT2D eigenvalue weighted by Crippen LogP contribution is 2.38. The van der Waals surface area contributed by atoms with E-state index in [1.807, 2.05) is 36.4 Å². The molecule has 120 valence electrons. The highest BCUT2D eigenvalue weighted by Gasteiger charge is 2.50. The summed E-state index contributed by atoms with van der Waals surface area (Å²) in [7, 11) is -3.41. The topological polar surface area (TPSA) is 49.4 Å². The van der Waals surface area contributed by atoms with Crippen LogP contribution in [0, 0.1) is 0 Å². The molecule has 23 heavy (non-hydrogen) atoms. The maximum absolute atomic E-state index is 12.6. The largest absolute Gasteiger partial charge is 0.280 e. The van der Waals surface area contributed by atoms with E-state index in [2.05, 4.69) is 22.9 Å². The zero-order valence-corrected chi connectivity index (χ0v) is 13.7. The van der Waals surface area contributed by atoms with Crippen molar-refractivity contribution in [2.45, 2.75) is 31.3 Å². The van der Waals surface area contributed by atoms with Crippen LogP contribution in [-0.2, 0) is 29.6 Å². The number of hydrogen-bond donors (Lipinski definition) is 1. The van der Waals surface area contributed by atoms with E-state index in [-0.39, 0.29) is 5.54 Å². The summed E-state index contributed by atoms with van der Waals surface area (Å²) in [5.41, 5.74) is 3.30. The third-order valence-electron chi connectivity index (χ3n) is 5.07. The Morgan fingerprint density at radius 1 is 1.00 bits per heavy atom. The van der Waals surface area contributed by atoms with Crippen LogP contribution in [-0.4, -0.2) is 24.8 Å². The van der Waals surface area contributed by atoms with Crippen molar-refractivity contribution < 1.29 is 8.42 Å². The summed E-state index contributed by atoms with van der Waals surface area (Å²) in [6.45, 7) is 0.925. The molecule has 1 atom stereocenters. The lowest BCUT2D eigenvalue weighted by Gasteiger charge is -2.39. The molecule has 1 spiro atoms. The van der Waals surface area contributed by atoms with Gasteiger partial charge in [0.25, 0.3) is 10.2 Å². The summed E-state index contributed by atoms with van der Waals surface area (Å²) in [4.78, 5) is 0. The van der Waals surface area contributed by atoms with E-state index in [0.29, 0.717) is 13.1 Å². The normalized spacial score (nSPS) is 26.3. The van der Waals surface area contributed by atoms with Crippen LogP contribution in [0.5, 0.6) is 0 Å². The van der Waals surface area contributed by atoms with Crippen molar-refractivity contribution in [3.05, 3.63) is 71.3 Å². The van der Waals surface area contributed by atoms with Crippen molar-refractivity contribution in [3.63, 3.8) is 0 Å². The average Bonchev–Trinajstić information content (AvgIpc) is 2.81. The van der Waals surface area contributed by atoms with E-state index in [9.17, 15) is 8.42 Å². The maximum atomic E-state index is 12.6. The first-order valence-corrected chi connectivity index (χ1v) is 9.41. The zero-order chi connectivity index (χ0) is 15.9. The van der Waals surface area contributed by atoms with Crippen molar-refractivity contribution in [3.8, 4) is 0 Å². The molecule has 0 saturated carbocycles. The molecule has 0 aromatic heterocycles. The van der Waals surface area contributed by atoms with Gasteiger partial charge >= 0.3 is 0 Å². The summed E-state index contributed by atoms with van der Waals surface area (Å²) in [6.07, 6.45) is 2.57. The average molecular weight is 328 g/mol. The van der Waals surface area contributed by atoms with Gasteiger partial charge in [0.2, 0.25) is 0 Å². The number of rotatable bonds is 2. The second-order valence-corrected chi connectivity index (χ2v) is 8.17. The summed E-state index contributed by atoms with van der Waals surface area (Å²) >= 11 is 0. The molecule has 2 aromatic rings. The van der Waals surface area contributed by atoms with Gasteiger partial charge < -0.3 is 0 Å². The first-order valence-electron chi connectivity index (χ1n) is 7.97. The fourth-order valence-corrected chi connectivity index (χ4v) is 5.45. The molecule has 1 saturated heterocycles. The van der Waals surface area contributed by atoms with E-state index in [0.717, 1.165) is 24.8 Å². The Hall–Kier alpha value is -1.69. The summed E-state index contributed by atoms with van der Waals surface area (Å²) in [6, 6.07) is 18.2. The molecule has 1 unspecified atom stereocenters. The zero-order valence-electron chi connectivity index (χ0n) is 12.9. The molecular weight excluding hydrogens is 308 g/mol. The van der Waals surface area contributed by atoms with Crippen LogP contribution < -0.4 is 4.72 Å². The van der Waals surface area contributed by atoms with Crippen LogP contribution in [0.1, 0.15) is 23.1 Å². The predicted molar refractivity (Wildman–Crippen MR) is 90.1 cm³/mol. The molecule has 1 aliphatic carbocycles. The molecule has 4 nitrogen and oxygen atoms in total. The number of nitrogens with zero attached hydrogens (tertiary/aromatic N) is 1. The third-order valence-corrected chi connectivity index (χ3v) is 6.68. The van der Waals surface area contributed by atoms with E-state index < -0.39 is 10.2 Å². The molecule has 4 rings (SSSR count). The predicted octanol–water partition coefficient (Wildman–Crippen LogP) is 2.26. The van der Waals surface area contributed by atoms with E-state index in [1.54, 1.807) is 4.31 Å². The Morgan fingerprint density at radius 2 is 1.70 bits per heavy atom. The molecule has 1 fully saturated rings. The minimum Gasteiger partial charge on any atom is -0.200 e. The van der Waals surface area contributed by atoms with Crippen LogP contribution in [0.4, 0.5) is 0 Å². The minimum absolute atomic E-state index is 0.344. The quantitative estimate of drug-likeness (QED) is 0.919. The van der Waals surface area contributed by atoms with Gasteiger partial charge in [-0.25, -0.2) is 4.72 Å². The smallest absolute Gasteiger partial charge is 0.200 e. The number of benzene rings is 2. The third kappa shape index (κ3) is 2.59. The number of aryl methyl sites for hydroxylation is 1. The van der Waals surface area contributed by atoms with Crippen LogP contribution in [0.2, 0.25) is 0 Å². The van der Waals surface area contributed by atoms with Gasteiger partial charge in [-0.1, -0.05) is 54.6 Å². The molecule has 1 heterocycles. The molecule has 1 aliphatic heterocycles. The first-order chi connectivity index (χ1) is 11.1. The van der Waals surface area contributed by atoms with Gasteiger partial charge in [0.15, 0.2) is 0 Å². The molecule has 1 N–H and O–H groups in total. The van der Waals surface area contributed by atoms with Crippen LogP contribution >= 0.6 is 0 Å². The number of fused-ring (bicyclic) bond motifs is 1. The molecule has 2 aromatic carbocycles. The molecule has 5 heteroatoms. The summed E-state index contributed by atoms with van der Waals surface area (Å²) in [5, 5.41) is 0. The second-order valence-electron chi connectivity index (χ2n) is 6.49. The van der Waals surface area contributed by atoms with Crippen LogP contribution in [0.15, 0.2) is 54.6 Å². The lowest BCUT2D eigenvalue weighted by Crippen LogP contribution is -2.50. The van der Waals surface area contributed by atoms with Crippen molar-refractivity contribution in [1.82, 2.24) is 9.03 Å². The number of nitrogens with one attached hydrogen (secondary N) is 1.